The van der Waals surface area contributed by atoms with E-state index in [2.05, 4.69) is 27.6 Å². The molecule has 1 saturated carbocycles. The molecule has 2 fully saturated rings. The fraction of sp³-hybridized carbons (Fsp3) is 0.562. The van der Waals surface area contributed by atoms with Gasteiger partial charge in [-0.05, 0) is 38.5 Å². The van der Waals surface area contributed by atoms with E-state index in [1.54, 1.807) is 13.0 Å². The Labute approximate surface area is 155 Å². The lowest BCUT2D eigenvalue weighted by Gasteiger charge is -2.33. The Kier molecular flexibility index (Phi) is 5.03. The number of nitrogen functional groups attached to an aromatic ring is 1. The maximum Gasteiger partial charge on any atom is 0.344 e. The molecule has 0 radical (unpaired) electrons. The van der Waals surface area contributed by atoms with Gasteiger partial charge in [0.15, 0.2) is 5.16 Å². The molecule has 1 aliphatic heterocycles. The van der Waals surface area contributed by atoms with Crippen molar-refractivity contribution in [1.82, 2.24) is 25.7 Å². The first kappa shape index (κ1) is 18.4. The van der Waals surface area contributed by atoms with Gasteiger partial charge in [0.25, 0.3) is 5.91 Å². The first-order chi connectivity index (χ1) is 12.3. The summed E-state index contributed by atoms with van der Waals surface area (Å²) in [6.07, 6.45) is 2.93. The molecule has 9 nitrogen and oxygen atoms in total. The molecule has 26 heavy (non-hydrogen) atoms. The largest absolute Gasteiger partial charge is 0.384 e. The number of imide groups is 1. The summed E-state index contributed by atoms with van der Waals surface area (Å²) in [6, 6.07) is 1.04. The van der Waals surface area contributed by atoms with Gasteiger partial charge in [-0.2, -0.15) is 5.01 Å². The highest BCUT2D eigenvalue weighted by Gasteiger charge is 2.52. The highest BCUT2D eigenvalue weighted by molar-refractivity contribution is 7.99. The van der Waals surface area contributed by atoms with Crippen molar-refractivity contribution in [2.24, 2.45) is 5.92 Å². The van der Waals surface area contributed by atoms with Crippen molar-refractivity contribution in [1.29, 1.82) is 0 Å². The van der Waals surface area contributed by atoms with Crippen molar-refractivity contribution in [3.8, 4) is 0 Å². The molecular weight excluding hydrogens is 356 g/mol. The summed E-state index contributed by atoms with van der Waals surface area (Å²) in [7, 11) is 0. The Morgan fingerprint density at radius 2 is 2.12 bits per heavy atom. The number of rotatable bonds is 4. The fourth-order valence-corrected chi connectivity index (χ4v) is 3.94. The number of urea groups is 1. The van der Waals surface area contributed by atoms with E-state index in [4.69, 9.17) is 5.73 Å². The van der Waals surface area contributed by atoms with Crippen molar-refractivity contribution in [2.75, 3.05) is 11.5 Å². The van der Waals surface area contributed by atoms with Gasteiger partial charge in [-0.3, -0.25) is 15.0 Å². The summed E-state index contributed by atoms with van der Waals surface area (Å²) in [5.41, 5.74) is 7.86. The zero-order valence-electron chi connectivity index (χ0n) is 14.7. The van der Waals surface area contributed by atoms with Gasteiger partial charge in [0.2, 0.25) is 5.91 Å². The maximum atomic E-state index is 12.7. The predicted molar refractivity (Wildman–Crippen MR) is 95.8 cm³/mol. The number of aryl methyl sites for hydroxylation is 1. The van der Waals surface area contributed by atoms with E-state index in [1.165, 1.54) is 0 Å². The molecule has 0 bridgehead atoms. The van der Waals surface area contributed by atoms with E-state index in [1.807, 2.05) is 0 Å². The van der Waals surface area contributed by atoms with Crippen LogP contribution < -0.4 is 16.5 Å². The van der Waals surface area contributed by atoms with Gasteiger partial charge < -0.3 is 11.1 Å². The molecule has 4 amide bonds. The van der Waals surface area contributed by atoms with E-state index < -0.39 is 17.5 Å². The number of carbonyl (C=O) groups is 3. The maximum absolute atomic E-state index is 12.7. The molecule has 10 heteroatoms. The summed E-state index contributed by atoms with van der Waals surface area (Å²) in [4.78, 5) is 45.2. The molecule has 1 aromatic heterocycles. The van der Waals surface area contributed by atoms with Crippen LogP contribution in [0.1, 0.15) is 38.3 Å². The van der Waals surface area contributed by atoms with Crippen molar-refractivity contribution in [3.05, 3.63) is 11.8 Å². The van der Waals surface area contributed by atoms with Gasteiger partial charge in [0.05, 0.1) is 5.75 Å². The quantitative estimate of drug-likeness (QED) is 0.404. The molecule has 140 valence electrons. The number of anilines is 1. The molecule has 0 aromatic carbocycles. The van der Waals surface area contributed by atoms with E-state index in [0.717, 1.165) is 29.6 Å². The molecule has 1 saturated heterocycles. The summed E-state index contributed by atoms with van der Waals surface area (Å²) >= 11 is 1.09. The van der Waals surface area contributed by atoms with Gasteiger partial charge in [0.1, 0.15) is 11.4 Å². The number of aromatic nitrogens is 2. The number of hydrogen-bond donors (Lipinski definition) is 3. The molecule has 3 rings (SSSR count). The van der Waals surface area contributed by atoms with Gasteiger partial charge in [-0.25, -0.2) is 14.8 Å². The minimum Gasteiger partial charge on any atom is -0.384 e. The lowest BCUT2D eigenvalue weighted by atomic mass is 9.77. The molecule has 1 aromatic rings. The third kappa shape index (κ3) is 3.74. The molecule has 1 aliphatic carbocycles. The van der Waals surface area contributed by atoms with Crippen LogP contribution in [0.3, 0.4) is 0 Å². The Balaban J connectivity index is 1.58. The lowest BCUT2D eigenvalue weighted by molar-refractivity contribution is -0.139. The molecular formula is C16H22N6O3S. The molecule has 2 heterocycles. The predicted octanol–water partition coefficient (Wildman–Crippen LogP) is 0.991. The Bertz CT molecular complexity index is 727. The second-order valence-corrected chi connectivity index (χ2v) is 7.82. The molecule has 1 spiro atoms. The molecule has 4 N–H and O–H groups in total. The second kappa shape index (κ2) is 7.10. The summed E-state index contributed by atoms with van der Waals surface area (Å²) in [5, 5.41) is 3.92. The summed E-state index contributed by atoms with van der Waals surface area (Å²) in [5.74, 6) is -0.0495. The van der Waals surface area contributed by atoms with E-state index in [0.29, 0.717) is 35.4 Å². The van der Waals surface area contributed by atoms with Crippen molar-refractivity contribution in [2.45, 2.75) is 50.2 Å². The number of nitrogens with two attached hydrogens (primary N) is 1. The van der Waals surface area contributed by atoms with Crippen LogP contribution in [0.15, 0.2) is 11.2 Å². The SMILES string of the molecule is Cc1cc(N)nc(SCC(=O)NN2C(=O)NC3(CCC(C)CC3)C2=O)n1. The Hall–Kier alpha value is -2.36. The third-order valence-electron chi connectivity index (χ3n) is 4.71. The number of hydrogen-bond acceptors (Lipinski definition) is 7. The smallest absolute Gasteiger partial charge is 0.344 e. The lowest BCUT2D eigenvalue weighted by Crippen LogP contribution is -2.51. The first-order valence-corrected chi connectivity index (χ1v) is 9.48. The van der Waals surface area contributed by atoms with Gasteiger partial charge >= 0.3 is 6.03 Å². The van der Waals surface area contributed by atoms with E-state index >= 15 is 0 Å². The topological polar surface area (TPSA) is 130 Å². The molecule has 0 atom stereocenters. The van der Waals surface area contributed by atoms with E-state index in [-0.39, 0.29) is 11.7 Å². The number of nitrogens with zero attached hydrogens (tertiary/aromatic N) is 3. The van der Waals surface area contributed by atoms with Crippen LogP contribution in [0.5, 0.6) is 0 Å². The highest BCUT2D eigenvalue weighted by atomic mass is 32.2. The van der Waals surface area contributed by atoms with Crippen molar-refractivity contribution < 1.29 is 14.4 Å². The van der Waals surface area contributed by atoms with Gasteiger partial charge in [-0.15, -0.1) is 0 Å². The minimum absolute atomic E-state index is 0.0377. The number of carbonyl (C=O) groups excluding carboxylic acids is 3. The highest BCUT2D eigenvalue weighted by Crippen LogP contribution is 2.35. The zero-order chi connectivity index (χ0) is 18.9. The van der Waals surface area contributed by atoms with Crippen molar-refractivity contribution in [3.63, 3.8) is 0 Å². The van der Waals surface area contributed by atoms with Crippen molar-refractivity contribution >= 4 is 35.4 Å². The van der Waals surface area contributed by atoms with Crippen LogP contribution in [-0.2, 0) is 9.59 Å². The average Bonchev–Trinajstić information content (AvgIpc) is 2.79. The number of nitrogens with one attached hydrogen (secondary N) is 2. The number of amides is 4. The van der Waals surface area contributed by atoms with Crippen LogP contribution in [0.4, 0.5) is 10.6 Å². The minimum atomic E-state index is -0.877. The van der Waals surface area contributed by atoms with Gasteiger partial charge in [0, 0.05) is 11.8 Å². The molecule has 0 unspecified atom stereocenters. The Morgan fingerprint density at radius 1 is 1.42 bits per heavy atom. The summed E-state index contributed by atoms with van der Waals surface area (Å²) < 4.78 is 0. The monoisotopic (exact) mass is 378 g/mol. The van der Waals surface area contributed by atoms with Crippen LogP contribution in [0.25, 0.3) is 0 Å². The normalized spacial score (nSPS) is 25.5. The second-order valence-electron chi connectivity index (χ2n) is 6.88. The van der Waals surface area contributed by atoms with E-state index in [9.17, 15) is 14.4 Å². The van der Waals surface area contributed by atoms with Crippen LogP contribution in [-0.4, -0.2) is 44.1 Å². The Morgan fingerprint density at radius 3 is 2.77 bits per heavy atom. The molecule has 2 aliphatic rings. The van der Waals surface area contributed by atoms with Crippen LogP contribution in [0.2, 0.25) is 0 Å². The average molecular weight is 378 g/mol. The third-order valence-corrected chi connectivity index (χ3v) is 5.56. The van der Waals surface area contributed by atoms with Crippen LogP contribution >= 0.6 is 11.8 Å². The zero-order valence-corrected chi connectivity index (χ0v) is 15.6. The summed E-state index contributed by atoms with van der Waals surface area (Å²) in [6.45, 7) is 3.91. The number of thioether (sulfide) groups is 1. The first-order valence-electron chi connectivity index (χ1n) is 8.49. The standard InChI is InChI=1S/C16H22N6O3S/c1-9-3-5-16(6-4-9)13(24)22(15(25)20-16)21-12(23)8-26-14-18-10(2)7-11(17)19-14/h7,9H,3-6,8H2,1-2H3,(H,20,25)(H,21,23)(H2,17,18,19). The fourth-order valence-electron chi connectivity index (χ4n) is 3.23. The van der Waals surface area contributed by atoms with Gasteiger partial charge in [-0.1, -0.05) is 18.7 Å². The number of hydrazine groups is 1. The van der Waals surface area contributed by atoms with Crippen LogP contribution in [0, 0.1) is 12.8 Å².